The number of halogens is 2. The van der Waals surface area contributed by atoms with Gasteiger partial charge in [0.1, 0.15) is 18.0 Å². The summed E-state index contributed by atoms with van der Waals surface area (Å²) in [6.07, 6.45) is 2.24. The zero-order chi connectivity index (χ0) is 29.5. The number of aliphatic hydroxyl groups is 3. The normalized spacial score (nSPS) is 20.5. The summed E-state index contributed by atoms with van der Waals surface area (Å²) in [6.45, 7) is -0.157. The van der Waals surface area contributed by atoms with Gasteiger partial charge in [-0.05, 0) is 83.3 Å². The molecule has 2 amide bonds. The Morgan fingerprint density at radius 3 is 2.59 bits per heavy atom. The van der Waals surface area contributed by atoms with Crippen LogP contribution in [0.25, 0.3) is 0 Å². The first-order chi connectivity index (χ1) is 19.7. The summed E-state index contributed by atoms with van der Waals surface area (Å²) in [6, 6.07) is 8.76. The van der Waals surface area contributed by atoms with Crippen LogP contribution in [0.1, 0.15) is 36.8 Å². The van der Waals surface area contributed by atoms with Crippen molar-refractivity contribution in [2.24, 2.45) is 5.92 Å². The molecule has 0 spiro atoms. The van der Waals surface area contributed by atoms with Gasteiger partial charge in [0.2, 0.25) is 11.8 Å². The van der Waals surface area contributed by atoms with Crippen LogP contribution in [0.2, 0.25) is 0 Å². The van der Waals surface area contributed by atoms with Gasteiger partial charge in [-0.2, -0.15) is 0 Å². The number of hydrogen-bond donors (Lipinski definition) is 4. The predicted molar refractivity (Wildman–Crippen MR) is 158 cm³/mol. The highest BCUT2D eigenvalue weighted by molar-refractivity contribution is 14.1. The number of carbonyl (C=O) groups excluding carboxylic acids is 2. The van der Waals surface area contributed by atoms with E-state index in [0.717, 1.165) is 19.3 Å². The zero-order valence-electron chi connectivity index (χ0n) is 22.9. The lowest BCUT2D eigenvalue weighted by Gasteiger charge is -2.43. The highest BCUT2D eigenvalue weighted by Crippen LogP contribution is 2.38. The molecule has 11 heteroatoms. The Hall–Kier alpha value is -2.74. The third-order valence-corrected chi connectivity index (χ3v) is 8.41. The van der Waals surface area contributed by atoms with Gasteiger partial charge < -0.3 is 35.0 Å². The maximum Gasteiger partial charge on any atom is 0.247 e. The number of rotatable bonds is 12. The number of benzene rings is 2. The van der Waals surface area contributed by atoms with Crippen LogP contribution in [0.5, 0.6) is 11.5 Å². The Kier molecular flexibility index (Phi) is 11.0. The SMILES string of the molecule is COc1cc(CO)cc(I)c1O[C@H]1C=C(C(=O)NCCO)C[C@@H](N(CCc2cccc(F)c2)C(=O)C2CCC2)[C@@H]1O. The third-order valence-electron chi connectivity index (χ3n) is 7.61. The number of methoxy groups -OCH3 is 1. The molecule has 4 rings (SSSR count). The smallest absolute Gasteiger partial charge is 0.247 e. The summed E-state index contributed by atoms with van der Waals surface area (Å²) in [7, 11) is 1.47. The van der Waals surface area contributed by atoms with Crippen molar-refractivity contribution in [1.82, 2.24) is 10.2 Å². The van der Waals surface area contributed by atoms with E-state index >= 15 is 0 Å². The molecule has 3 atom stereocenters. The molecule has 41 heavy (non-hydrogen) atoms. The topological polar surface area (TPSA) is 129 Å². The molecule has 0 radical (unpaired) electrons. The minimum absolute atomic E-state index is 0.0492. The fourth-order valence-corrected chi connectivity index (χ4v) is 5.96. The van der Waals surface area contributed by atoms with Gasteiger partial charge in [-0.1, -0.05) is 18.6 Å². The zero-order valence-corrected chi connectivity index (χ0v) is 25.1. The quantitative estimate of drug-likeness (QED) is 0.254. The van der Waals surface area contributed by atoms with Crippen molar-refractivity contribution in [2.75, 3.05) is 26.8 Å². The molecule has 1 fully saturated rings. The van der Waals surface area contributed by atoms with Crippen LogP contribution in [0.4, 0.5) is 4.39 Å². The number of carbonyl (C=O) groups is 2. The highest BCUT2D eigenvalue weighted by atomic mass is 127. The van der Waals surface area contributed by atoms with Crippen LogP contribution < -0.4 is 14.8 Å². The molecule has 0 aliphatic heterocycles. The second-order valence-corrected chi connectivity index (χ2v) is 11.5. The van der Waals surface area contributed by atoms with Crippen molar-refractivity contribution >= 4 is 34.4 Å². The maximum atomic E-state index is 13.9. The molecule has 0 unspecified atom stereocenters. The van der Waals surface area contributed by atoms with Crippen LogP contribution in [0, 0.1) is 15.3 Å². The predicted octanol–water partition coefficient (Wildman–Crippen LogP) is 2.72. The van der Waals surface area contributed by atoms with Gasteiger partial charge in [0.25, 0.3) is 0 Å². The van der Waals surface area contributed by atoms with Crippen LogP contribution in [-0.2, 0) is 22.6 Å². The Morgan fingerprint density at radius 2 is 1.95 bits per heavy atom. The van der Waals surface area contributed by atoms with E-state index in [1.165, 1.54) is 19.2 Å². The van der Waals surface area contributed by atoms with Gasteiger partial charge in [0.15, 0.2) is 11.5 Å². The molecule has 0 saturated heterocycles. The molecule has 4 N–H and O–H groups in total. The first-order valence-corrected chi connectivity index (χ1v) is 14.8. The summed E-state index contributed by atoms with van der Waals surface area (Å²) in [4.78, 5) is 28.4. The average Bonchev–Trinajstić information content (AvgIpc) is 2.93. The first-order valence-electron chi connectivity index (χ1n) is 13.7. The fourth-order valence-electron chi connectivity index (χ4n) is 5.17. The molecule has 1 saturated carbocycles. The Labute approximate surface area is 252 Å². The van der Waals surface area contributed by atoms with Crippen LogP contribution in [0.3, 0.4) is 0 Å². The molecule has 2 aliphatic carbocycles. The fraction of sp³-hybridized carbons (Fsp3) is 0.467. The van der Waals surface area contributed by atoms with Crippen molar-refractivity contribution in [1.29, 1.82) is 0 Å². The number of hydrogen-bond acceptors (Lipinski definition) is 7. The lowest BCUT2D eigenvalue weighted by Crippen LogP contribution is -2.57. The molecule has 9 nitrogen and oxygen atoms in total. The Balaban J connectivity index is 1.68. The summed E-state index contributed by atoms with van der Waals surface area (Å²) < 4.78 is 26.3. The van der Waals surface area contributed by atoms with E-state index in [1.807, 2.05) is 0 Å². The van der Waals surface area contributed by atoms with Crippen molar-refractivity contribution in [2.45, 2.75) is 57.0 Å². The monoisotopic (exact) mass is 682 g/mol. The number of aliphatic hydroxyl groups excluding tert-OH is 3. The molecule has 0 heterocycles. The summed E-state index contributed by atoms with van der Waals surface area (Å²) in [5, 5.41) is 33.2. The van der Waals surface area contributed by atoms with Crippen molar-refractivity contribution < 1.29 is 38.8 Å². The number of nitrogens with zero attached hydrogens (tertiary/aromatic N) is 1. The van der Waals surface area contributed by atoms with Gasteiger partial charge >= 0.3 is 0 Å². The van der Waals surface area contributed by atoms with E-state index in [2.05, 4.69) is 27.9 Å². The average molecular weight is 683 g/mol. The molecular formula is C30H36FIN2O7. The van der Waals surface area contributed by atoms with Crippen LogP contribution in [0.15, 0.2) is 48.0 Å². The van der Waals surface area contributed by atoms with Crippen molar-refractivity contribution in [3.8, 4) is 11.5 Å². The molecule has 0 bridgehead atoms. The lowest BCUT2D eigenvalue weighted by molar-refractivity contribution is -0.145. The Bertz CT molecular complexity index is 1270. The second-order valence-electron chi connectivity index (χ2n) is 10.3. The summed E-state index contributed by atoms with van der Waals surface area (Å²) >= 11 is 2.05. The highest BCUT2D eigenvalue weighted by Gasteiger charge is 2.43. The van der Waals surface area contributed by atoms with E-state index < -0.39 is 24.2 Å². The minimum Gasteiger partial charge on any atom is -0.493 e. The molecular weight excluding hydrogens is 646 g/mol. The standard InChI is InChI=1S/C30H36FIN2O7/c1-40-26-14-19(17-36)13-23(32)28(26)41-25-16-21(29(38)33-9-11-35)15-24(27(25)37)34(30(39)20-5-3-6-20)10-8-18-4-2-7-22(31)12-18/h2,4,7,12-14,16,20,24-25,27,35-37H,3,5-6,8-11,15,17H2,1H3,(H,33,38)/t24-,25+,27+/m1/s1. The van der Waals surface area contributed by atoms with E-state index in [4.69, 9.17) is 9.47 Å². The van der Waals surface area contributed by atoms with Gasteiger partial charge in [-0.3, -0.25) is 9.59 Å². The van der Waals surface area contributed by atoms with E-state index in [9.17, 15) is 29.3 Å². The minimum atomic E-state index is -1.20. The van der Waals surface area contributed by atoms with E-state index in [1.54, 1.807) is 35.2 Å². The molecule has 2 aromatic rings. The van der Waals surface area contributed by atoms with Gasteiger partial charge in [-0.15, -0.1) is 0 Å². The van der Waals surface area contributed by atoms with Gasteiger partial charge in [0.05, 0.1) is 29.9 Å². The molecule has 2 aliphatic rings. The summed E-state index contributed by atoms with van der Waals surface area (Å²) in [5.74, 6) is -0.387. The van der Waals surface area contributed by atoms with E-state index in [0.29, 0.717) is 38.2 Å². The molecule has 2 aromatic carbocycles. The van der Waals surface area contributed by atoms with Gasteiger partial charge in [0, 0.05) is 31.0 Å². The van der Waals surface area contributed by atoms with Crippen LogP contribution in [-0.4, -0.2) is 77.1 Å². The van der Waals surface area contributed by atoms with Gasteiger partial charge in [-0.25, -0.2) is 4.39 Å². The number of nitrogens with one attached hydrogen (secondary N) is 1. The Morgan fingerprint density at radius 1 is 1.17 bits per heavy atom. The number of amides is 2. The van der Waals surface area contributed by atoms with Crippen molar-refractivity contribution in [3.63, 3.8) is 0 Å². The molecule has 0 aromatic heterocycles. The maximum absolute atomic E-state index is 13.9. The largest absolute Gasteiger partial charge is 0.493 e. The lowest BCUT2D eigenvalue weighted by atomic mass is 9.82. The third kappa shape index (κ3) is 7.56. The van der Waals surface area contributed by atoms with Crippen molar-refractivity contribution in [3.05, 3.63) is 68.6 Å². The first kappa shape index (κ1) is 31.2. The summed E-state index contributed by atoms with van der Waals surface area (Å²) in [5.41, 5.74) is 1.65. The second kappa shape index (κ2) is 14.4. The van der Waals surface area contributed by atoms with E-state index in [-0.39, 0.29) is 50.4 Å². The molecule has 222 valence electrons. The number of ether oxygens (including phenoxy) is 2. The van der Waals surface area contributed by atoms with Crippen LogP contribution >= 0.6 is 22.6 Å².